The van der Waals surface area contributed by atoms with Crippen molar-refractivity contribution in [3.8, 4) is 17.2 Å². The molecule has 0 bridgehead atoms. The fourth-order valence-corrected chi connectivity index (χ4v) is 3.61. The molecule has 0 fully saturated rings. The van der Waals surface area contributed by atoms with Crippen LogP contribution in [-0.4, -0.2) is 30.3 Å². The first-order valence-corrected chi connectivity index (χ1v) is 11.1. The summed E-state index contributed by atoms with van der Waals surface area (Å²) in [6, 6.07) is 18.1. The Labute approximate surface area is 202 Å². The predicted molar refractivity (Wildman–Crippen MR) is 135 cm³/mol. The summed E-state index contributed by atoms with van der Waals surface area (Å²) in [4.78, 5) is 21.2. The quantitative estimate of drug-likeness (QED) is 0.367. The zero-order chi connectivity index (χ0) is 24.6. The van der Waals surface area contributed by atoms with E-state index in [1.807, 2.05) is 67.8 Å². The second-order valence-electron chi connectivity index (χ2n) is 9.14. The van der Waals surface area contributed by atoms with Gasteiger partial charge in [-0.25, -0.2) is 9.78 Å². The number of nitrogens with one attached hydrogen (secondary N) is 1. The Morgan fingerprint density at radius 1 is 0.971 bits per heavy atom. The maximum atomic E-state index is 12.7. The van der Waals surface area contributed by atoms with Gasteiger partial charge in [-0.1, -0.05) is 20.8 Å². The molecule has 3 aromatic heterocycles. The molecule has 0 saturated carbocycles. The number of ether oxygens (including phenoxy) is 1. The molecule has 0 spiro atoms. The summed E-state index contributed by atoms with van der Waals surface area (Å²) < 4.78 is 9.03. The van der Waals surface area contributed by atoms with Crippen LogP contribution in [0.2, 0.25) is 0 Å². The number of nitrogens with zero attached hydrogens (tertiary/aromatic N) is 5. The van der Waals surface area contributed by atoms with E-state index in [-0.39, 0.29) is 5.41 Å². The molecule has 0 saturated heterocycles. The largest absolute Gasteiger partial charge is 0.457 e. The maximum absolute atomic E-state index is 12.7. The molecular formula is C26H25N7O2. The standard InChI is InChI=1S/C26H25N7O2/c1-26(2,3)23-15-24(27)33(31-23)25(34)30-17-4-6-18(7-5-17)32-16-29-21-14-20(8-9-22(21)32)35-19-10-12-28-13-11-19/h4-16H,27H2,1-3H3,(H,30,34). The topological polar surface area (TPSA) is 113 Å². The summed E-state index contributed by atoms with van der Waals surface area (Å²) in [6.07, 6.45) is 5.12. The van der Waals surface area contributed by atoms with Crippen LogP contribution in [0.15, 0.2) is 79.4 Å². The minimum atomic E-state index is -0.416. The van der Waals surface area contributed by atoms with Crippen LogP contribution in [-0.2, 0) is 5.41 Å². The zero-order valence-electron chi connectivity index (χ0n) is 19.6. The number of hydrogen-bond donors (Lipinski definition) is 2. The van der Waals surface area contributed by atoms with Gasteiger partial charge in [-0.2, -0.15) is 9.78 Å². The first kappa shape index (κ1) is 22.1. The van der Waals surface area contributed by atoms with Gasteiger partial charge in [0.25, 0.3) is 0 Å². The van der Waals surface area contributed by atoms with Crippen LogP contribution < -0.4 is 15.8 Å². The monoisotopic (exact) mass is 467 g/mol. The molecule has 3 N–H and O–H groups in total. The first-order valence-electron chi connectivity index (χ1n) is 11.1. The number of carbonyl (C=O) groups excluding carboxylic acids is 1. The van der Waals surface area contributed by atoms with E-state index in [1.54, 1.807) is 36.9 Å². The van der Waals surface area contributed by atoms with Crippen LogP contribution in [0.1, 0.15) is 26.5 Å². The summed E-state index contributed by atoms with van der Waals surface area (Å²) in [7, 11) is 0. The highest BCUT2D eigenvalue weighted by molar-refractivity contribution is 5.92. The molecule has 0 aliphatic heterocycles. The molecule has 0 radical (unpaired) electrons. The van der Waals surface area contributed by atoms with Gasteiger partial charge in [-0.15, -0.1) is 0 Å². The number of hydrogen-bond acceptors (Lipinski definition) is 6. The summed E-state index contributed by atoms with van der Waals surface area (Å²) in [5, 5.41) is 7.20. The van der Waals surface area contributed by atoms with Gasteiger partial charge in [0.05, 0.1) is 16.7 Å². The number of pyridine rings is 1. The third-order valence-corrected chi connectivity index (χ3v) is 5.50. The van der Waals surface area contributed by atoms with Gasteiger partial charge in [-0.3, -0.25) is 9.55 Å². The van der Waals surface area contributed by atoms with E-state index in [9.17, 15) is 4.79 Å². The molecule has 0 aliphatic carbocycles. The van der Waals surface area contributed by atoms with Crippen molar-refractivity contribution < 1.29 is 9.53 Å². The Morgan fingerprint density at radius 3 is 2.40 bits per heavy atom. The highest BCUT2D eigenvalue weighted by Gasteiger charge is 2.21. The Morgan fingerprint density at radius 2 is 1.71 bits per heavy atom. The van der Waals surface area contributed by atoms with Crippen molar-refractivity contribution in [2.24, 2.45) is 0 Å². The molecule has 2 aromatic carbocycles. The molecule has 0 unspecified atom stereocenters. The number of fused-ring (bicyclic) bond motifs is 1. The second kappa shape index (κ2) is 8.60. The summed E-state index contributed by atoms with van der Waals surface area (Å²) in [5.74, 6) is 1.70. The number of rotatable bonds is 4. The lowest BCUT2D eigenvalue weighted by molar-refractivity contribution is 0.251. The van der Waals surface area contributed by atoms with Gasteiger partial charge >= 0.3 is 6.03 Å². The minimum Gasteiger partial charge on any atom is -0.457 e. The van der Waals surface area contributed by atoms with E-state index in [0.29, 0.717) is 23.0 Å². The van der Waals surface area contributed by atoms with E-state index >= 15 is 0 Å². The molecule has 3 heterocycles. The van der Waals surface area contributed by atoms with Crippen LogP contribution in [0, 0.1) is 0 Å². The normalized spacial score (nSPS) is 11.5. The van der Waals surface area contributed by atoms with Crippen LogP contribution in [0.5, 0.6) is 11.5 Å². The number of aromatic nitrogens is 5. The Balaban J connectivity index is 1.33. The van der Waals surface area contributed by atoms with Gasteiger partial charge in [0.15, 0.2) is 0 Å². The molecule has 0 aliphatic rings. The Bertz CT molecular complexity index is 1500. The molecule has 9 nitrogen and oxygen atoms in total. The van der Waals surface area contributed by atoms with Crippen molar-refractivity contribution in [1.82, 2.24) is 24.3 Å². The number of nitrogen functional groups attached to an aromatic ring is 1. The fourth-order valence-electron chi connectivity index (χ4n) is 3.61. The average Bonchev–Trinajstić information content (AvgIpc) is 3.44. The maximum Gasteiger partial charge on any atom is 0.348 e. The van der Waals surface area contributed by atoms with Gasteiger partial charge in [0, 0.05) is 41.3 Å². The lowest BCUT2D eigenvalue weighted by atomic mass is 9.92. The molecule has 35 heavy (non-hydrogen) atoms. The molecule has 9 heteroatoms. The van der Waals surface area contributed by atoms with Crippen LogP contribution in [0.25, 0.3) is 16.7 Å². The molecule has 5 rings (SSSR count). The third-order valence-electron chi connectivity index (χ3n) is 5.50. The highest BCUT2D eigenvalue weighted by Crippen LogP contribution is 2.27. The number of carbonyl (C=O) groups is 1. The van der Waals surface area contributed by atoms with Gasteiger partial charge < -0.3 is 15.8 Å². The van der Waals surface area contributed by atoms with Crippen LogP contribution in [0.4, 0.5) is 16.3 Å². The molecule has 1 amide bonds. The average molecular weight is 468 g/mol. The predicted octanol–water partition coefficient (Wildman–Crippen LogP) is 5.37. The van der Waals surface area contributed by atoms with E-state index in [1.165, 1.54) is 4.68 Å². The Hall–Kier alpha value is -4.66. The molecular weight excluding hydrogens is 442 g/mol. The van der Waals surface area contributed by atoms with Crippen LogP contribution in [0.3, 0.4) is 0 Å². The fraction of sp³-hybridized carbons (Fsp3) is 0.154. The van der Waals surface area contributed by atoms with Crippen molar-refractivity contribution in [3.05, 3.63) is 85.1 Å². The number of imidazole rings is 1. The highest BCUT2D eigenvalue weighted by atomic mass is 16.5. The van der Waals surface area contributed by atoms with Gasteiger partial charge in [0.1, 0.15) is 23.6 Å². The van der Waals surface area contributed by atoms with Crippen molar-refractivity contribution in [3.63, 3.8) is 0 Å². The van der Waals surface area contributed by atoms with Crippen molar-refractivity contribution >= 4 is 28.6 Å². The Kier molecular flexibility index (Phi) is 5.44. The van der Waals surface area contributed by atoms with Crippen molar-refractivity contribution in [2.75, 3.05) is 11.1 Å². The SMILES string of the molecule is CC(C)(C)c1cc(N)n(C(=O)Nc2ccc(-n3cnc4cc(Oc5ccncc5)ccc43)cc2)n1. The lowest BCUT2D eigenvalue weighted by Gasteiger charge is -2.14. The van der Waals surface area contributed by atoms with E-state index in [0.717, 1.165) is 22.4 Å². The van der Waals surface area contributed by atoms with E-state index in [2.05, 4.69) is 20.4 Å². The number of amides is 1. The van der Waals surface area contributed by atoms with Crippen molar-refractivity contribution in [1.29, 1.82) is 0 Å². The zero-order valence-corrected chi connectivity index (χ0v) is 19.6. The van der Waals surface area contributed by atoms with E-state index in [4.69, 9.17) is 10.5 Å². The number of nitrogens with two attached hydrogens (primary N) is 1. The van der Waals surface area contributed by atoms with Crippen molar-refractivity contribution in [2.45, 2.75) is 26.2 Å². The summed E-state index contributed by atoms with van der Waals surface area (Å²) in [6.45, 7) is 6.05. The number of anilines is 2. The lowest BCUT2D eigenvalue weighted by Crippen LogP contribution is -2.23. The smallest absolute Gasteiger partial charge is 0.348 e. The van der Waals surface area contributed by atoms with E-state index < -0.39 is 6.03 Å². The third kappa shape index (κ3) is 4.56. The summed E-state index contributed by atoms with van der Waals surface area (Å²) in [5.41, 5.74) is 9.82. The first-order chi connectivity index (χ1) is 16.8. The second-order valence-corrected chi connectivity index (χ2v) is 9.14. The molecule has 5 aromatic rings. The number of benzene rings is 2. The van der Waals surface area contributed by atoms with Gasteiger partial charge in [0.2, 0.25) is 0 Å². The molecule has 0 atom stereocenters. The van der Waals surface area contributed by atoms with Crippen LogP contribution >= 0.6 is 0 Å². The summed E-state index contributed by atoms with van der Waals surface area (Å²) >= 11 is 0. The van der Waals surface area contributed by atoms with Gasteiger partial charge in [-0.05, 0) is 48.5 Å². The minimum absolute atomic E-state index is 0.208. The molecule has 176 valence electrons.